The van der Waals surface area contributed by atoms with Gasteiger partial charge in [0.15, 0.2) is 17.3 Å². The van der Waals surface area contributed by atoms with Gasteiger partial charge in [0.1, 0.15) is 0 Å². The number of methoxy groups -OCH3 is 1. The second-order valence-corrected chi connectivity index (χ2v) is 7.37. The van der Waals surface area contributed by atoms with Crippen molar-refractivity contribution in [1.82, 2.24) is 0 Å². The molecule has 5 heteroatoms. The summed E-state index contributed by atoms with van der Waals surface area (Å²) < 4.78 is 5.11. The maximum atomic E-state index is 12.7. The van der Waals surface area contributed by atoms with Gasteiger partial charge in [0.05, 0.1) is 18.8 Å². The topological polar surface area (TPSA) is 87.0 Å². The van der Waals surface area contributed by atoms with E-state index >= 15 is 0 Å². The summed E-state index contributed by atoms with van der Waals surface area (Å²) in [5.74, 6) is -0.225. The Bertz CT molecular complexity index is 655. The molecule has 0 spiro atoms. The molecule has 0 saturated heterocycles. The number of phenolic OH excluding ortho intramolecular Hbond substituents is 1. The van der Waals surface area contributed by atoms with Gasteiger partial charge in [0.25, 0.3) is 0 Å². The highest BCUT2D eigenvalue weighted by Crippen LogP contribution is 2.58. The fraction of sp³-hybridized carbons (Fsp3) is 0.611. The van der Waals surface area contributed by atoms with E-state index in [9.17, 15) is 20.1 Å². The summed E-state index contributed by atoms with van der Waals surface area (Å²) in [6.45, 7) is 3.89. The summed E-state index contributed by atoms with van der Waals surface area (Å²) in [5.41, 5.74) is -0.187. The number of aromatic hydroxyl groups is 1. The minimum Gasteiger partial charge on any atom is -0.504 e. The summed E-state index contributed by atoms with van der Waals surface area (Å²) in [6, 6.07) is 3.40. The largest absolute Gasteiger partial charge is 0.504 e. The zero-order valence-corrected chi connectivity index (χ0v) is 13.8. The first-order valence-electron chi connectivity index (χ1n) is 8.02. The van der Waals surface area contributed by atoms with E-state index in [4.69, 9.17) is 4.74 Å². The first kappa shape index (κ1) is 16.3. The van der Waals surface area contributed by atoms with Crippen LogP contribution in [0.4, 0.5) is 0 Å². The van der Waals surface area contributed by atoms with Crippen LogP contribution in [0.25, 0.3) is 0 Å². The maximum absolute atomic E-state index is 12.7. The Morgan fingerprint density at radius 3 is 2.65 bits per heavy atom. The van der Waals surface area contributed by atoms with Crippen LogP contribution in [-0.2, 0) is 5.41 Å². The van der Waals surface area contributed by atoms with Crippen LogP contribution in [0, 0.1) is 11.3 Å². The van der Waals surface area contributed by atoms with Crippen molar-refractivity contribution in [3.8, 4) is 11.5 Å². The highest BCUT2D eigenvalue weighted by atomic mass is 16.5. The lowest BCUT2D eigenvalue weighted by Crippen LogP contribution is -2.58. The van der Waals surface area contributed by atoms with Crippen LogP contribution in [0.3, 0.4) is 0 Å². The minimum atomic E-state index is -0.678. The fourth-order valence-electron chi connectivity index (χ4n) is 4.67. The Hall–Kier alpha value is -1.59. The van der Waals surface area contributed by atoms with Gasteiger partial charge >= 0.3 is 0 Å². The zero-order chi connectivity index (χ0) is 17.0. The van der Waals surface area contributed by atoms with Crippen LogP contribution in [0.1, 0.15) is 49.0 Å². The number of carbonyl (C=O) groups is 1. The van der Waals surface area contributed by atoms with Gasteiger partial charge in [0, 0.05) is 18.4 Å². The number of fused-ring (bicyclic) bond motifs is 3. The molecule has 1 unspecified atom stereocenters. The number of phenols is 1. The van der Waals surface area contributed by atoms with Gasteiger partial charge in [-0.3, -0.25) is 4.79 Å². The average molecular weight is 320 g/mol. The van der Waals surface area contributed by atoms with E-state index in [1.165, 1.54) is 7.11 Å². The molecule has 126 valence electrons. The molecule has 0 aliphatic heterocycles. The van der Waals surface area contributed by atoms with Gasteiger partial charge in [-0.05, 0) is 35.8 Å². The number of benzene rings is 1. The van der Waals surface area contributed by atoms with Gasteiger partial charge in [-0.25, -0.2) is 0 Å². The zero-order valence-electron chi connectivity index (χ0n) is 13.8. The molecular formula is C18H24O5. The smallest absolute Gasteiger partial charge is 0.168 e. The number of ether oxygens (including phenoxy) is 1. The molecular weight excluding hydrogens is 296 g/mol. The Balaban J connectivity index is 2.25. The third-order valence-electron chi connectivity index (χ3n) is 6.22. The Morgan fingerprint density at radius 1 is 1.35 bits per heavy atom. The second-order valence-electron chi connectivity index (χ2n) is 7.37. The van der Waals surface area contributed by atoms with Crippen LogP contribution in [0.5, 0.6) is 11.5 Å². The molecule has 4 atom stereocenters. The van der Waals surface area contributed by atoms with E-state index in [2.05, 4.69) is 0 Å². The Kier molecular flexibility index (Phi) is 3.69. The van der Waals surface area contributed by atoms with Crippen LogP contribution in [-0.4, -0.2) is 40.9 Å². The predicted octanol–water partition coefficient (Wildman–Crippen LogP) is 2.01. The number of aliphatic hydroxyl groups excluding tert-OH is 2. The maximum Gasteiger partial charge on any atom is 0.168 e. The van der Waals surface area contributed by atoms with Crippen LogP contribution >= 0.6 is 0 Å². The van der Waals surface area contributed by atoms with Crippen molar-refractivity contribution < 1.29 is 24.9 Å². The minimum absolute atomic E-state index is 0.0231. The molecule has 2 aliphatic rings. The summed E-state index contributed by atoms with van der Waals surface area (Å²) in [4.78, 5) is 12.7. The van der Waals surface area contributed by atoms with Gasteiger partial charge in [-0.1, -0.05) is 19.9 Å². The highest BCUT2D eigenvalue weighted by molar-refractivity contribution is 6.02. The van der Waals surface area contributed by atoms with Gasteiger partial charge < -0.3 is 20.1 Å². The van der Waals surface area contributed by atoms with Crippen LogP contribution < -0.4 is 4.74 Å². The normalized spacial score (nSPS) is 36.3. The van der Waals surface area contributed by atoms with Crippen molar-refractivity contribution in [2.75, 3.05) is 13.7 Å². The number of carbonyl (C=O) groups excluding carboxylic acids is 1. The molecule has 1 fully saturated rings. The van der Waals surface area contributed by atoms with Crippen molar-refractivity contribution >= 4 is 5.78 Å². The molecule has 1 aromatic carbocycles. The molecule has 2 aliphatic carbocycles. The quantitative estimate of drug-likeness (QED) is 0.776. The number of ketones is 1. The standard InChI is InChI=1S/C18H24O5/c1-17(9-19)7-6-14(21)18(2)10-4-5-12(23-3)16(22)15(10)11(20)8-13(17)18/h4-5,13-14,19,21-22H,6-9H2,1-3H3/t13?,14-,17+,18-/m1/s1. The molecule has 23 heavy (non-hydrogen) atoms. The van der Waals surface area contributed by atoms with Crippen molar-refractivity contribution in [2.24, 2.45) is 11.3 Å². The Labute approximate surface area is 135 Å². The second kappa shape index (κ2) is 5.21. The first-order chi connectivity index (χ1) is 10.8. The summed E-state index contributed by atoms with van der Waals surface area (Å²) >= 11 is 0. The number of hydrogen-bond acceptors (Lipinski definition) is 5. The van der Waals surface area contributed by atoms with E-state index in [1.54, 1.807) is 12.1 Å². The first-order valence-corrected chi connectivity index (χ1v) is 8.02. The molecule has 3 rings (SSSR count). The number of rotatable bonds is 2. The average Bonchev–Trinajstić information content (AvgIpc) is 2.54. The third-order valence-corrected chi connectivity index (χ3v) is 6.22. The summed E-state index contributed by atoms with van der Waals surface area (Å²) in [6.07, 6.45) is 0.824. The third kappa shape index (κ3) is 2.03. The number of hydrogen-bond donors (Lipinski definition) is 3. The Morgan fingerprint density at radius 2 is 2.04 bits per heavy atom. The molecule has 5 nitrogen and oxygen atoms in total. The lowest BCUT2D eigenvalue weighted by molar-refractivity contribution is -0.0814. The molecule has 0 amide bonds. The lowest BCUT2D eigenvalue weighted by atomic mass is 9.48. The van der Waals surface area contributed by atoms with E-state index < -0.39 is 16.9 Å². The van der Waals surface area contributed by atoms with E-state index in [0.29, 0.717) is 18.4 Å². The highest BCUT2D eigenvalue weighted by Gasteiger charge is 2.58. The molecule has 1 saturated carbocycles. The molecule has 0 bridgehead atoms. The monoisotopic (exact) mass is 320 g/mol. The van der Waals surface area contributed by atoms with E-state index in [1.807, 2.05) is 13.8 Å². The van der Waals surface area contributed by atoms with Crippen molar-refractivity contribution in [3.05, 3.63) is 23.3 Å². The number of Topliss-reactive ketones (excluding diaryl/α,β-unsaturated/α-hetero) is 1. The van der Waals surface area contributed by atoms with Crippen LogP contribution in [0.15, 0.2) is 12.1 Å². The summed E-state index contributed by atoms with van der Waals surface area (Å²) in [5, 5.41) is 31.0. The van der Waals surface area contributed by atoms with Crippen molar-refractivity contribution in [3.63, 3.8) is 0 Å². The van der Waals surface area contributed by atoms with E-state index in [-0.39, 0.29) is 41.8 Å². The van der Waals surface area contributed by atoms with Crippen LogP contribution in [0.2, 0.25) is 0 Å². The molecule has 1 aromatic rings. The van der Waals surface area contributed by atoms with Gasteiger partial charge in [-0.2, -0.15) is 0 Å². The van der Waals surface area contributed by atoms with Crippen molar-refractivity contribution in [1.29, 1.82) is 0 Å². The molecule has 3 N–H and O–H groups in total. The SMILES string of the molecule is COc1ccc2c(c1O)C(=O)CC1[C@](C)(CO)CC[C@@H](O)[C@]21C. The number of aliphatic hydroxyl groups is 2. The van der Waals surface area contributed by atoms with Crippen molar-refractivity contribution in [2.45, 2.75) is 44.6 Å². The lowest BCUT2D eigenvalue weighted by Gasteiger charge is -2.56. The molecule has 0 aromatic heterocycles. The predicted molar refractivity (Wildman–Crippen MR) is 84.9 cm³/mol. The molecule has 0 radical (unpaired) electrons. The van der Waals surface area contributed by atoms with Gasteiger partial charge in [-0.15, -0.1) is 0 Å². The van der Waals surface area contributed by atoms with Gasteiger partial charge in [0.2, 0.25) is 0 Å². The fourth-order valence-corrected chi connectivity index (χ4v) is 4.67. The molecule has 0 heterocycles. The summed E-state index contributed by atoms with van der Waals surface area (Å²) in [7, 11) is 1.44. The van der Waals surface area contributed by atoms with E-state index in [0.717, 1.165) is 0 Å².